The van der Waals surface area contributed by atoms with Gasteiger partial charge in [-0.1, -0.05) is 89.0 Å². The third-order valence-corrected chi connectivity index (χ3v) is 7.43. The number of rotatable bonds is 15. The topological polar surface area (TPSA) is 118 Å². The van der Waals surface area contributed by atoms with Gasteiger partial charge in [-0.2, -0.15) is 16.8 Å². The van der Waals surface area contributed by atoms with Gasteiger partial charge in [0, 0.05) is 0 Å². The summed E-state index contributed by atoms with van der Waals surface area (Å²) in [6, 6.07) is 10.4. The Labute approximate surface area is 254 Å². The zero-order valence-electron chi connectivity index (χ0n) is 21.1. The van der Waals surface area contributed by atoms with E-state index < -0.39 is 30.0 Å². The Morgan fingerprint density at radius 2 is 1.17 bits per heavy atom. The van der Waals surface area contributed by atoms with E-state index in [0.717, 1.165) is 30.9 Å². The van der Waals surface area contributed by atoms with Gasteiger partial charge in [-0.05, 0) is 36.6 Å². The molecule has 0 aliphatic heterocycles. The first kappa shape index (κ1) is 35.1. The molecule has 35 heavy (non-hydrogen) atoms. The van der Waals surface area contributed by atoms with Gasteiger partial charge in [0.15, 0.2) is 4.90 Å². The molecule has 11 heteroatoms. The van der Waals surface area contributed by atoms with Crippen molar-refractivity contribution in [1.29, 1.82) is 0 Å². The van der Waals surface area contributed by atoms with Crippen LogP contribution in [0, 0.1) is 0 Å². The molecule has 184 valence electrons. The van der Waals surface area contributed by atoms with Crippen molar-refractivity contribution in [1.82, 2.24) is 0 Å². The average molecular weight is 545 g/mol. The number of unbranched alkanes of at least 4 members (excludes halogenated alkanes) is 9. The Hall–Kier alpha value is 0.0600. The Morgan fingerprint density at radius 1 is 0.657 bits per heavy atom. The fourth-order valence-corrected chi connectivity index (χ4v) is 5.67. The monoisotopic (exact) mass is 544 g/mol. The molecule has 0 fully saturated rings. The summed E-state index contributed by atoms with van der Waals surface area (Å²) < 4.78 is 71.6. The number of ether oxygens (including phenoxy) is 1. The molecule has 7 nitrogen and oxygen atoms in total. The van der Waals surface area contributed by atoms with Gasteiger partial charge in [0.25, 0.3) is 20.2 Å². The summed E-state index contributed by atoms with van der Waals surface area (Å²) in [5, 5.41) is 0. The summed E-state index contributed by atoms with van der Waals surface area (Å²) in [7, 11) is -9.87. The van der Waals surface area contributed by atoms with Crippen molar-refractivity contribution in [3.05, 3.63) is 48.0 Å². The van der Waals surface area contributed by atoms with Crippen molar-refractivity contribution in [3.8, 4) is 11.5 Å². The second kappa shape index (κ2) is 17.5. The van der Waals surface area contributed by atoms with Crippen molar-refractivity contribution >= 4 is 20.2 Å². The third-order valence-electron chi connectivity index (χ3n) is 5.47. The van der Waals surface area contributed by atoms with Crippen LogP contribution in [-0.4, -0.2) is 25.9 Å². The average Bonchev–Trinajstić information content (AvgIpc) is 2.74. The van der Waals surface area contributed by atoms with Crippen molar-refractivity contribution in [2.75, 3.05) is 0 Å². The van der Waals surface area contributed by atoms with Gasteiger partial charge >= 0.3 is 59.1 Å². The van der Waals surface area contributed by atoms with Gasteiger partial charge in [0.1, 0.15) is 16.4 Å². The van der Waals surface area contributed by atoms with Crippen LogP contribution in [0.25, 0.3) is 0 Å². The number of aryl methyl sites for hydroxylation is 1. The normalized spacial score (nSPS) is 11.4. The summed E-state index contributed by atoms with van der Waals surface area (Å²) in [5.74, 6) is -0.00559. The molecular formula is C24H34Na2O7S2+2. The second-order valence-electron chi connectivity index (χ2n) is 8.18. The molecule has 0 heterocycles. The molecule has 2 N–H and O–H groups in total. The molecule has 2 rings (SSSR count). The van der Waals surface area contributed by atoms with Crippen LogP contribution in [0.1, 0.15) is 76.7 Å². The minimum Gasteiger partial charge on any atom is -0.456 e. The molecule has 0 saturated carbocycles. The van der Waals surface area contributed by atoms with Gasteiger partial charge in [0.2, 0.25) is 0 Å². The van der Waals surface area contributed by atoms with E-state index in [9.17, 15) is 25.9 Å². The van der Waals surface area contributed by atoms with Crippen LogP contribution >= 0.6 is 0 Å². The Balaban J connectivity index is 0.00000578. The molecule has 0 saturated heterocycles. The summed E-state index contributed by atoms with van der Waals surface area (Å²) in [4.78, 5) is -1.92. The van der Waals surface area contributed by atoms with Crippen LogP contribution in [0.3, 0.4) is 0 Å². The molecule has 0 aliphatic rings. The zero-order valence-corrected chi connectivity index (χ0v) is 26.7. The fraction of sp³-hybridized carbons (Fsp3) is 0.500. The van der Waals surface area contributed by atoms with E-state index in [2.05, 4.69) is 6.92 Å². The number of para-hydroxylation sites is 1. The first-order valence-corrected chi connectivity index (χ1v) is 14.4. The Morgan fingerprint density at radius 3 is 1.71 bits per heavy atom. The molecule has 2 aromatic carbocycles. The van der Waals surface area contributed by atoms with E-state index in [-0.39, 0.29) is 64.9 Å². The Bertz CT molecular complexity index is 1100. The maximum atomic E-state index is 11.9. The maximum Gasteiger partial charge on any atom is 1.00 e. The van der Waals surface area contributed by atoms with E-state index >= 15 is 0 Å². The van der Waals surface area contributed by atoms with Gasteiger partial charge in [-0.15, -0.1) is 0 Å². The third kappa shape index (κ3) is 12.4. The summed E-state index contributed by atoms with van der Waals surface area (Å²) in [6.07, 6.45) is 12.8. The molecule has 0 bridgehead atoms. The molecule has 0 atom stereocenters. The summed E-state index contributed by atoms with van der Waals surface area (Å²) in [5.41, 5.74) is 0.843. The number of hydrogen-bond acceptors (Lipinski definition) is 5. The van der Waals surface area contributed by atoms with Gasteiger partial charge in [0.05, 0.1) is 0 Å². The molecule has 0 aliphatic carbocycles. The van der Waals surface area contributed by atoms with Crippen LogP contribution in [0.15, 0.2) is 52.3 Å². The van der Waals surface area contributed by atoms with Crippen molar-refractivity contribution in [2.45, 2.75) is 87.3 Å². The Kier molecular flexibility index (Phi) is 17.6. The van der Waals surface area contributed by atoms with Crippen LogP contribution in [0.2, 0.25) is 0 Å². The van der Waals surface area contributed by atoms with Crippen LogP contribution in [0.4, 0.5) is 0 Å². The van der Waals surface area contributed by atoms with E-state index in [1.54, 1.807) is 12.1 Å². The van der Waals surface area contributed by atoms with Gasteiger partial charge in [-0.25, -0.2) is 0 Å². The minimum absolute atomic E-state index is 0. The predicted octanol–water partition coefficient (Wildman–Crippen LogP) is 0.444. The molecule has 0 unspecified atom stereocenters. The molecular weight excluding hydrogens is 510 g/mol. The SMILES string of the molecule is CCCCCCCCCCCCc1ccccc1Oc1cccc(S(=O)(=O)O)c1S(=O)(=O)O.[Na+].[Na+]. The number of benzene rings is 2. The van der Waals surface area contributed by atoms with E-state index in [1.807, 2.05) is 12.1 Å². The van der Waals surface area contributed by atoms with Crippen LogP contribution in [-0.2, 0) is 26.7 Å². The predicted molar refractivity (Wildman–Crippen MR) is 128 cm³/mol. The summed E-state index contributed by atoms with van der Waals surface area (Å²) >= 11 is 0. The molecule has 2 aromatic rings. The van der Waals surface area contributed by atoms with Crippen LogP contribution < -0.4 is 63.9 Å². The van der Waals surface area contributed by atoms with Crippen molar-refractivity contribution < 1.29 is 89.8 Å². The molecule has 0 aromatic heterocycles. The molecule has 0 amide bonds. The standard InChI is InChI=1S/C24H34O7S2.2Na/c1-2-3-4-5-6-7-8-9-10-11-15-20-16-12-13-17-21(20)31-22-18-14-19-23(32(25,26)27)24(22)33(28,29)30;;/h12-14,16-19H,2-11,15H2,1H3,(H,25,26,27)(H,28,29,30);;/q;2*+1. The van der Waals surface area contributed by atoms with Gasteiger partial charge < -0.3 is 4.74 Å². The maximum absolute atomic E-state index is 11.9. The first-order chi connectivity index (χ1) is 15.6. The molecule has 0 radical (unpaired) electrons. The smallest absolute Gasteiger partial charge is 0.456 e. The van der Waals surface area contributed by atoms with E-state index in [4.69, 9.17) is 4.74 Å². The fourth-order valence-electron chi connectivity index (χ4n) is 3.76. The van der Waals surface area contributed by atoms with Crippen LogP contribution in [0.5, 0.6) is 11.5 Å². The second-order valence-corrected chi connectivity index (χ2v) is 10.9. The van der Waals surface area contributed by atoms with Gasteiger partial charge in [-0.3, -0.25) is 9.11 Å². The first-order valence-electron chi connectivity index (χ1n) is 11.5. The minimum atomic E-state index is -4.98. The number of hydrogen-bond donors (Lipinski definition) is 2. The van der Waals surface area contributed by atoms with Crippen molar-refractivity contribution in [2.24, 2.45) is 0 Å². The molecule has 0 spiro atoms. The quantitative estimate of drug-likeness (QED) is 0.190. The van der Waals surface area contributed by atoms with E-state index in [0.29, 0.717) is 12.2 Å². The van der Waals surface area contributed by atoms with Crippen molar-refractivity contribution in [3.63, 3.8) is 0 Å². The van der Waals surface area contributed by atoms with E-state index in [1.165, 1.54) is 57.1 Å². The summed E-state index contributed by atoms with van der Waals surface area (Å²) in [6.45, 7) is 2.22. The largest absolute Gasteiger partial charge is 1.00 e. The zero-order chi connectivity index (χ0) is 24.3.